The normalized spacial score (nSPS) is 11.6. The lowest BCUT2D eigenvalue weighted by Crippen LogP contribution is -2.43. The molecule has 0 aliphatic rings. The van der Waals surface area contributed by atoms with E-state index in [1.165, 1.54) is 6.92 Å². The number of rotatable bonds is 6. The maximum atomic E-state index is 12.0. The van der Waals surface area contributed by atoms with Gasteiger partial charge in [-0.3, -0.25) is 9.59 Å². The van der Waals surface area contributed by atoms with Crippen LogP contribution in [0.2, 0.25) is 0 Å². The summed E-state index contributed by atoms with van der Waals surface area (Å²) in [6.45, 7) is 3.50. The van der Waals surface area contributed by atoms with Crippen LogP contribution in [0.3, 0.4) is 0 Å². The zero-order chi connectivity index (χ0) is 16.7. The highest BCUT2D eigenvalue weighted by Gasteiger charge is 2.13. The van der Waals surface area contributed by atoms with Gasteiger partial charge < -0.3 is 10.6 Å². The van der Waals surface area contributed by atoms with Crippen molar-refractivity contribution < 1.29 is 9.59 Å². The first-order valence-corrected chi connectivity index (χ1v) is 8.23. The molecule has 0 radical (unpaired) electrons. The summed E-state index contributed by atoms with van der Waals surface area (Å²) in [6.07, 6.45) is 0. The third-order valence-electron chi connectivity index (χ3n) is 3.21. The van der Waals surface area contributed by atoms with Crippen molar-refractivity contribution in [2.75, 3.05) is 0 Å². The largest absolute Gasteiger partial charge is 0.350 e. The number of carbonyl (C=O) groups is 2. The molecular weight excluding hydrogens is 308 g/mol. The molecule has 23 heavy (non-hydrogen) atoms. The second-order valence-corrected chi connectivity index (χ2v) is 6.28. The quantitative estimate of drug-likeness (QED) is 0.857. The lowest BCUT2D eigenvalue weighted by molar-refractivity contribution is -0.127. The Labute approximate surface area is 140 Å². The molecule has 0 bridgehead atoms. The SMILES string of the molecule is CC(=O)N[C@H](C)C(=O)NCc1ccccc1Sc1ccccc1. The van der Waals surface area contributed by atoms with Crippen LogP contribution < -0.4 is 10.6 Å². The lowest BCUT2D eigenvalue weighted by atomic mass is 10.2. The lowest BCUT2D eigenvalue weighted by Gasteiger charge is -2.14. The predicted molar refractivity (Wildman–Crippen MR) is 92.1 cm³/mol. The molecule has 0 saturated carbocycles. The van der Waals surface area contributed by atoms with Gasteiger partial charge in [-0.05, 0) is 30.7 Å². The Bertz CT molecular complexity index is 674. The summed E-state index contributed by atoms with van der Waals surface area (Å²) >= 11 is 1.66. The first-order chi connectivity index (χ1) is 11.1. The maximum absolute atomic E-state index is 12.0. The molecule has 0 aromatic heterocycles. The first-order valence-electron chi connectivity index (χ1n) is 7.42. The molecule has 0 unspecified atom stereocenters. The minimum atomic E-state index is -0.540. The van der Waals surface area contributed by atoms with Crippen molar-refractivity contribution in [2.24, 2.45) is 0 Å². The average molecular weight is 328 g/mol. The van der Waals surface area contributed by atoms with Gasteiger partial charge in [0.05, 0.1) is 0 Å². The van der Waals surface area contributed by atoms with Crippen LogP contribution in [0.25, 0.3) is 0 Å². The van der Waals surface area contributed by atoms with Gasteiger partial charge in [-0.1, -0.05) is 48.2 Å². The van der Waals surface area contributed by atoms with Crippen molar-refractivity contribution >= 4 is 23.6 Å². The Morgan fingerprint density at radius 1 is 1.04 bits per heavy atom. The van der Waals surface area contributed by atoms with Crippen LogP contribution in [0.1, 0.15) is 19.4 Å². The number of amides is 2. The highest BCUT2D eigenvalue weighted by molar-refractivity contribution is 7.99. The van der Waals surface area contributed by atoms with Gasteiger partial charge in [0.25, 0.3) is 0 Å². The molecule has 0 spiro atoms. The minimum Gasteiger partial charge on any atom is -0.350 e. The Kier molecular flexibility index (Phi) is 6.23. The van der Waals surface area contributed by atoms with Crippen LogP contribution in [0.5, 0.6) is 0 Å². The molecule has 0 heterocycles. The minimum absolute atomic E-state index is 0.195. The predicted octanol–water partition coefficient (Wildman–Crippen LogP) is 2.98. The molecular formula is C18H20N2O2S. The number of carbonyl (C=O) groups excluding carboxylic acids is 2. The van der Waals surface area contributed by atoms with Gasteiger partial charge in [-0.2, -0.15) is 0 Å². The summed E-state index contributed by atoms with van der Waals surface area (Å²) in [5.41, 5.74) is 1.05. The summed E-state index contributed by atoms with van der Waals surface area (Å²) in [5.74, 6) is -0.410. The van der Waals surface area contributed by atoms with Crippen molar-refractivity contribution in [2.45, 2.75) is 36.2 Å². The molecule has 120 valence electrons. The van der Waals surface area contributed by atoms with Crippen LogP contribution in [-0.4, -0.2) is 17.9 Å². The van der Waals surface area contributed by atoms with Gasteiger partial charge in [-0.25, -0.2) is 0 Å². The monoisotopic (exact) mass is 328 g/mol. The third-order valence-corrected chi connectivity index (χ3v) is 4.34. The molecule has 2 aromatic rings. The van der Waals surface area contributed by atoms with Gasteiger partial charge in [0.15, 0.2) is 0 Å². The zero-order valence-electron chi connectivity index (χ0n) is 13.2. The van der Waals surface area contributed by atoms with Crippen molar-refractivity contribution in [3.63, 3.8) is 0 Å². The zero-order valence-corrected chi connectivity index (χ0v) is 14.0. The molecule has 0 fully saturated rings. The first kappa shape index (κ1) is 17.1. The Morgan fingerprint density at radius 3 is 2.39 bits per heavy atom. The smallest absolute Gasteiger partial charge is 0.242 e. The highest BCUT2D eigenvalue weighted by atomic mass is 32.2. The summed E-state index contributed by atoms with van der Waals surface area (Å²) in [7, 11) is 0. The van der Waals surface area contributed by atoms with E-state index in [2.05, 4.69) is 22.8 Å². The molecule has 1 atom stereocenters. The van der Waals surface area contributed by atoms with E-state index in [1.54, 1.807) is 18.7 Å². The fourth-order valence-corrected chi connectivity index (χ4v) is 3.04. The topological polar surface area (TPSA) is 58.2 Å². The van der Waals surface area contributed by atoms with Gasteiger partial charge in [0, 0.05) is 23.3 Å². The van der Waals surface area contributed by atoms with Gasteiger partial charge >= 0.3 is 0 Å². The molecule has 5 heteroatoms. The Balaban J connectivity index is 2.00. The van der Waals surface area contributed by atoms with E-state index in [9.17, 15) is 9.59 Å². The molecule has 0 aliphatic heterocycles. The second-order valence-electron chi connectivity index (χ2n) is 5.16. The number of hydrogen-bond donors (Lipinski definition) is 2. The van der Waals surface area contributed by atoms with Gasteiger partial charge in [0.2, 0.25) is 11.8 Å². The van der Waals surface area contributed by atoms with Crippen molar-refractivity contribution in [3.05, 3.63) is 60.2 Å². The van der Waals surface area contributed by atoms with Crippen LogP contribution in [0.15, 0.2) is 64.4 Å². The fraction of sp³-hybridized carbons (Fsp3) is 0.222. The Hall–Kier alpha value is -2.27. The summed E-state index contributed by atoms with van der Waals surface area (Å²) in [4.78, 5) is 25.2. The molecule has 2 N–H and O–H groups in total. The van der Waals surface area contributed by atoms with Crippen LogP contribution in [0, 0.1) is 0 Å². The molecule has 2 amide bonds. The third kappa shape index (κ3) is 5.45. The van der Waals surface area contributed by atoms with E-state index in [1.807, 2.05) is 42.5 Å². The second kappa shape index (κ2) is 8.39. The molecule has 0 saturated heterocycles. The van der Waals surface area contributed by atoms with Gasteiger partial charge in [0.1, 0.15) is 6.04 Å². The molecule has 4 nitrogen and oxygen atoms in total. The van der Waals surface area contributed by atoms with Crippen LogP contribution >= 0.6 is 11.8 Å². The standard InChI is InChI=1S/C18H20N2O2S/c1-13(20-14(2)21)18(22)19-12-15-8-6-7-11-17(15)23-16-9-4-3-5-10-16/h3-11,13H,12H2,1-2H3,(H,19,22)(H,20,21)/t13-/m1/s1. The van der Waals surface area contributed by atoms with E-state index < -0.39 is 6.04 Å². The molecule has 2 rings (SSSR count). The van der Waals surface area contributed by atoms with E-state index in [-0.39, 0.29) is 11.8 Å². The number of benzene rings is 2. The molecule has 0 aliphatic carbocycles. The van der Waals surface area contributed by atoms with E-state index in [4.69, 9.17) is 0 Å². The van der Waals surface area contributed by atoms with Crippen LogP contribution in [-0.2, 0) is 16.1 Å². The maximum Gasteiger partial charge on any atom is 0.242 e. The van der Waals surface area contributed by atoms with Crippen molar-refractivity contribution in [1.82, 2.24) is 10.6 Å². The Morgan fingerprint density at radius 2 is 1.70 bits per heavy atom. The summed E-state index contributed by atoms with van der Waals surface area (Å²) in [5, 5.41) is 5.44. The summed E-state index contributed by atoms with van der Waals surface area (Å²) in [6, 6.07) is 17.5. The van der Waals surface area contributed by atoms with Gasteiger partial charge in [-0.15, -0.1) is 0 Å². The molecule has 2 aromatic carbocycles. The van der Waals surface area contributed by atoms with E-state index in [0.717, 1.165) is 15.4 Å². The van der Waals surface area contributed by atoms with E-state index in [0.29, 0.717) is 6.54 Å². The van der Waals surface area contributed by atoms with Crippen molar-refractivity contribution in [3.8, 4) is 0 Å². The highest BCUT2D eigenvalue weighted by Crippen LogP contribution is 2.30. The van der Waals surface area contributed by atoms with E-state index >= 15 is 0 Å². The number of nitrogens with one attached hydrogen (secondary N) is 2. The number of hydrogen-bond acceptors (Lipinski definition) is 3. The average Bonchev–Trinajstić information content (AvgIpc) is 2.54. The van der Waals surface area contributed by atoms with Crippen LogP contribution in [0.4, 0.5) is 0 Å². The summed E-state index contributed by atoms with van der Waals surface area (Å²) < 4.78 is 0. The fourth-order valence-electron chi connectivity index (χ4n) is 2.07. The van der Waals surface area contributed by atoms with Crippen molar-refractivity contribution in [1.29, 1.82) is 0 Å².